The molecule has 0 saturated heterocycles. The summed E-state index contributed by atoms with van der Waals surface area (Å²) in [5, 5.41) is 16.5. The van der Waals surface area contributed by atoms with E-state index in [0.717, 1.165) is 0 Å². The molecular formula is C14H19N3O2S. The number of hydrogen-bond acceptors (Lipinski definition) is 4. The Bertz CT molecular complexity index is 630. The van der Waals surface area contributed by atoms with Crippen molar-refractivity contribution in [1.82, 2.24) is 15.1 Å². The molecule has 0 aliphatic heterocycles. The van der Waals surface area contributed by atoms with Crippen LogP contribution in [0.2, 0.25) is 0 Å². The lowest BCUT2D eigenvalue weighted by Crippen LogP contribution is -2.21. The average molecular weight is 293 g/mol. The predicted octanol–water partition coefficient (Wildman–Crippen LogP) is 2.65. The molecule has 1 unspecified atom stereocenters. The van der Waals surface area contributed by atoms with Crippen LogP contribution in [0, 0.1) is 13.8 Å². The van der Waals surface area contributed by atoms with Crippen LogP contribution in [0.25, 0.3) is 0 Å². The third-order valence-electron chi connectivity index (χ3n) is 3.41. The lowest BCUT2D eigenvalue weighted by Gasteiger charge is -2.14. The molecule has 0 saturated carbocycles. The van der Waals surface area contributed by atoms with Crippen LogP contribution in [0.5, 0.6) is 0 Å². The van der Waals surface area contributed by atoms with Gasteiger partial charge in [0.1, 0.15) is 5.56 Å². The number of thiophene rings is 1. The standard InChI is InChI=1S/C14H19N3O2S/c1-8-5-11(10(3)20-8)9(2)15-7-13-12(14(18)19)6-16-17(13)4/h5-6,9,15H,7H2,1-4H3,(H,18,19). The van der Waals surface area contributed by atoms with Gasteiger partial charge in [-0.05, 0) is 32.4 Å². The summed E-state index contributed by atoms with van der Waals surface area (Å²) in [5.74, 6) is -0.940. The van der Waals surface area contributed by atoms with Gasteiger partial charge in [-0.15, -0.1) is 11.3 Å². The van der Waals surface area contributed by atoms with Crippen LogP contribution in [-0.4, -0.2) is 20.9 Å². The summed E-state index contributed by atoms with van der Waals surface area (Å²) in [6.07, 6.45) is 1.39. The number of rotatable bonds is 5. The highest BCUT2D eigenvalue weighted by atomic mass is 32.1. The third kappa shape index (κ3) is 2.91. The molecule has 0 bridgehead atoms. The van der Waals surface area contributed by atoms with Crippen molar-refractivity contribution in [3.63, 3.8) is 0 Å². The van der Waals surface area contributed by atoms with Crippen molar-refractivity contribution >= 4 is 17.3 Å². The molecule has 108 valence electrons. The van der Waals surface area contributed by atoms with E-state index in [2.05, 4.69) is 37.3 Å². The van der Waals surface area contributed by atoms with Gasteiger partial charge in [0, 0.05) is 29.4 Å². The van der Waals surface area contributed by atoms with Gasteiger partial charge >= 0.3 is 5.97 Å². The van der Waals surface area contributed by atoms with Crippen molar-refractivity contribution in [2.75, 3.05) is 0 Å². The Morgan fingerprint density at radius 1 is 1.55 bits per heavy atom. The first kappa shape index (κ1) is 14.7. The first-order valence-electron chi connectivity index (χ1n) is 6.44. The number of aromatic carboxylic acids is 1. The summed E-state index contributed by atoms with van der Waals surface area (Å²) in [7, 11) is 1.76. The molecule has 0 aliphatic rings. The smallest absolute Gasteiger partial charge is 0.339 e. The second kappa shape index (κ2) is 5.76. The quantitative estimate of drug-likeness (QED) is 0.889. The highest BCUT2D eigenvalue weighted by molar-refractivity contribution is 7.12. The van der Waals surface area contributed by atoms with Crippen LogP contribution < -0.4 is 5.32 Å². The molecule has 0 amide bonds. The molecule has 2 heterocycles. The van der Waals surface area contributed by atoms with Crippen molar-refractivity contribution in [2.24, 2.45) is 7.05 Å². The molecule has 2 N–H and O–H groups in total. The Balaban J connectivity index is 2.11. The fraction of sp³-hybridized carbons (Fsp3) is 0.429. The molecule has 0 aromatic carbocycles. The number of carbonyl (C=O) groups is 1. The minimum absolute atomic E-state index is 0.177. The van der Waals surface area contributed by atoms with Gasteiger partial charge in [-0.3, -0.25) is 4.68 Å². The van der Waals surface area contributed by atoms with E-state index in [-0.39, 0.29) is 11.6 Å². The normalized spacial score (nSPS) is 12.6. The maximum absolute atomic E-state index is 11.1. The fourth-order valence-electron chi connectivity index (χ4n) is 2.29. The minimum Gasteiger partial charge on any atom is -0.478 e. The number of nitrogens with one attached hydrogen (secondary N) is 1. The molecule has 0 fully saturated rings. The summed E-state index contributed by atoms with van der Waals surface area (Å²) in [5.41, 5.74) is 2.21. The Hall–Kier alpha value is -1.66. The Labute approximate surface area is 122 Å². The van der Waals surface area contributed by atoms with Gasteiger partial charge in [-0.2, -0.15) is 5.10 Å². The molecule has 20 heavy (non-hydrogen) atoms. The van der Waals surface area contributed by atoms with E-state index in [1.807, 2.05) is 0 Å². The van der Waals surface area contributed by atoms with Crippen LogP contribution in [0.3, 0.4) is 0 Å². The van der Waals surface area contributed by atoms with Gasteiger partial charge in [0.15, 0.2) is 0 Å². The van der Waals surface area contributed by atoms with Crippen LogP contribution in [0.4, 0.5) is 0 Å². The van der Waals surface area contributed by atoms with E-state index in [1.165, 1.54) is 21.5 Å². The Morgan fingerprint density at radius 2 is 2.25 bits per heavy atom. The largest absolute Gasteiger partial charge is 0.478 e. The lowest BCUT2D eigenvalue weighted by atomic mass is 10.1. The SMILES string of the molecule is Cc1cc(C(C)NCc2c(C(=O)O)cnn2C)c(C)s1. The zero-order valence-corrected chi connectivity index (χ0v) is 12.9. The Kier molecular flexibility index (Phi) is 4.25. The zero-order chi connectivity index (χ0) is 14.9. The Morgan fingerprint density at radius 3 is 2.80 bits per heavy atom. The molecule has 6 heteroatoms. The second-order valence-corrected chi connectivity index (χ2v) is 6.37. The molecule has 1 atom stereocenters. The second-order valence-electron chi connectivity index (χ2n) is 4.90. The summed E-state index contributed by atoms with van der Waals surface area (Å²) in [6.45, 7) is 6.77. The van der Waals surface area contributed by atoms with Crippen LogP contribution >= 0.6 is 11.3 Å². The van der Waals surface area contributed by atoms with E-state index >= 15 is 0 Å². The van der Waals surface area contributed by atoms with Crippen molar-refractivity contribution in [1.29, 1.82) is 0 Å². The molecule has 2 rings (SSSR count). The van der Waals surface area contributed by atoms with Gasteiger partial charge < -0.3 is 10.4 Å². The van der Waals surface area contributed by atoms with Crippen molar-refractivity contribution in [3.05, 3.63) is 38.8 Å². The first-order chi connectivity index (χ1) is 9.40. The van der Waals surface area contributed by atoms with E-state index in [1.54, 1.807) is 23.1 Å². The number of aryl methyl sites for hydroxylation is 3. The lowest BCUT2D eigenvalue weighted by molar-refractivity contribution is 0.0695. The summed E-state index contributed by atoms with van der Waals surface area (Å²) >= 11 is 1.78. The van der Waals surface area contributed by atoms with Gasteiger partial charge in [0.2, 0.25) is 0 Å². The number of carboxylic acids is 1. The summed E-state index contributed by atoms with van der Waals surface area (Å²) in [6, 6.07) is 2.36. The average Bonchev–Trinajstić information content (AvgIpc) is 2.89. The monoisotopic (exact) mass is 293 g/mol. The molecule has 0 radical (unpaired) electrons. The molecule has 2 aromatic heterocycles. The van der Waals surface area contributed by atoms with E-state index in [9.17, 15) is 4.79 Å². The maximum atomic E-state index is 11.1. The van der Waals surface area contributed by atoms with E-state index in [4.69, 9.17) is 5.11 Å². The topological polar surface area (TPSA) is 67.2 Å². The molecule has 2 aromatic rings. The molecule has 5 nitrogen and oxygen atoms in total. The zero-order valence-electron chi connectivity index (χ0n) is 12.1. The highest BCUT2D eigenvalue weighted by Gasteiger charge is 2.17. The fourth-order valence-corrected chi connectivity index (χ4v) is 3.31. The van der Waals surface area contributed by atoms with Crippen LogP contribution in [0.1, 0.15) is 44.3 Å². The third-order valence-corrected chi connectivity index (χ3v) is 4.40. The van der Waals surface area contributed by atoms with E-state index < -0.39 is 5.97 Å². The van der Waals surface area contributed by atoms with Crippen molar-refractivity contribution in [2.45, 2.75) is 33.4 Å². The summed E-state index contributed by atoms with van der Waals surface area (Å²) in [4.78, 5) is 13.7. The van der Waals surface area contributed by atoms with Gasteiger partial charge in [-0.25, -0.2) is 4.79 Å². The van der Waals surface area contributed by atoms with Gasteiger partial charge in [-0.1, -0.05) is 0 Å². The molecule has 0 aliphatic carbocycles. The van der Waals surface area contributed by atoms with Crippen molar-refractivity contribution < 1.29 is 9.90 Å². The van der Waals surface area contributed by atoms with Crippen LogP contribution in [-0.2, 0) is 13.6 Å². The minimum atomic E-state index is -0.940. The van der Waals surface area contributed by atoms with Crippen molar-refractivity contribution in [3.8, 4) is 0 Å². The first-order valence-corrected chi connectivity index (χ1v) is 7.26. The maximum Gasteiger partial charge on any atom is 0.339 e. The highest BCUT2D eigenvalue weighted by Crippen LogP contribution is 2.26. The van der Waals surface area contributed by atoms with Gasteiger partial charge in [0.05, 0.1) is 11.9 Å². The molecule has 0 spiro atoms. The number of carboxylic acid groups (broad SMARTS) is 1. The molecular weight excluding hydrogens is 274 g/mol. The predicted molar refractivity (Wildman–Crippen MR) is 79.2 cm³/mol. The number of hydrogen-bond donors (Lipinski definition) is 2. The number of aromatic nitrogens is 2. The number of nitrogens with zero attached hydrogens (tertiary/aromatic N) is 2. The van der Waals surface area contributed by atoms with Crippen LogP contribution in [0.15, 0.2) is 12.3 Å². The van der Waals surface area contributed by atoms with E-state index in [0.29, 0.717) is 12.2 Å². The van der Waals surface area contributed by atoms with Gasteiger partial charge in [0.25, 0.3) is 0 Å². The summed E-state index contributed by atoms with van der Waals surface area (Å²) < 4.78 is 1.61.